The van der Waals surface area contributed by atoms with Crippen molar-refractivity contribution in [1.29, 1.82) is 0 Å². The predicted octanol–water partition coefficient (Wildman–Crippen LogP) is 3.94. The van der Waals surface area contributed by atoms with Crippen LogP contribution < -0.4 is 4.74 Å². The van der Waals surface area contributed by atoms with Crippen LogP contribution in [0.15, 0.2) is 54.6 Å². The van der Waals surface area contributed by atoms with Gasteiger partial charge in [-0.05, 0) is 43.7 Å². The lowest BCUT2D eigenvalue weighted by atomic mass is 10.0. The third-order valence-electron chi connectivity index (χ3n) is 5.31. The van der Waals surface area contributed by atoms with Crippen LogP contribution in [0.5, 0.6) is 5.75 Å². The highest BCUT2D eigenvalue weighted by molar-refractivity contribution is 6.08. The summed E-state index contributed by atoms with van der Waals surface area (Å²) in [4.78, 5) is 14.6. The zero-order valence-corrected chi connectivity index (χ0v) is 20.0. The molecule has 0 saturated heterocycles. The Morgan fingerprint density at radius 2 is 1.45 bits per heavy atom. The second-order valence-electron chi connectivity index (χ2n) is 8.38. The zero-order valence-electron chi connectivity index (χ0n) is 20.0. The number of ether oxygens (including phenoxy) is 2. The van der Waals surface area contributed by atoms with Crippen molar-refractivity contribution >= 4 is 5.78 Å². The lowest BCUT2D eigenvalue weighted by Crippen LogP contribution is -2.41. The molecular weight excluding hydrogens is 418 g/mol. The molecule has 6 heteroatoms. The van der Waals surface area contributed by atoms with Crippen molar-refractivity contribution in [1.82, 2.24) is 4.90 Å². The maximum atomic E-state index is 12.5. The Balaban J connectivity index is 1.80. The van der Waals surface area contributed by atoms with Gasteiger partial charge in [-0.1, -0.05) is 57.0 Å². The van der Waals surface area contributed by atoms with Gasteiger partial charge in [-0.3, -0.25) is 9.69 Å². The molecule has 2 atom stereocenters. The van der Waals surface area contributed by atoms with E-state index in [0.29, 0.717) is 43.2 Å². The van der Waals surface area contributed by atoms with Gasteiger partial charge >= 0.3 is 0 Å². The van der Waals surface area contributed by atoms with Gasteiger partial charge < -0.3 is 19.7 Å². The molecular formula is C27H39NO5. The summed E-state index contributed by atoms with van der Waals surface area (Å²) < 4.78 is 11.3. The summed E-state index contributed by atoms with van der Waals surface area (Å²) in [6, 6.07) is 16.1. The topological polar surface area (TPSA) is 79.2 Å². The Labute approximate surface area is 198 Å². The summed E-state index contributed by atoms with van der Waals surface area (Å²) >= 11 is 0. The molecule has 6 nitrogen and oxygen atoms in total. The van der Waals surface area contributed by atoms with E-state index in [9.17, 15) is 15.0 Å². The molecule has 0 amide bonds. The highest BCUT2D eigenvalue weighted by Crippen LogP contribution is 2.16. The molecule has 0 aliphatic carbocycles. The van der Waals surface area contributed by atoms with Crippen LogP contribution in [-0.4, -0.2) is 72.6 Å². The van der Waals surface area contributed by atoms with E-state index in [4.69, 9.17) is 9.47 Å². The van der Waals surface area contributed by atoms with Crippen LogP contribution in [0.4, 0.5) is 0 Å². The molecule has 2 aromatic rings. The van der Waals surface area contributed by atoms with Crippen molar-refractivity contribution < 1.29 is 24.5 Å². The quantitative estimate of drug-likeness (QED) is 0.277. The van der Waals surface area contributed by atoms with E-state index in [0.717, 1.165) is 32.2 Å². The maximum Gasteiger partial charge on any atom is 0.193 e. The molecule has 0 aromatic heterocycles. The van der Waals surface area contributed by atoms with Gasteiger partial charge in [-0.2, -0.15) is 0 Å². The maximum absolute atomic E-state index is 12.5. The van der Waals surface area contributed by atoms with Crippen LogP contribution in [0, 0.1) is 0 Å². The first-order valence-electron chi connectivity index (χ1n) is 12.0. The van der Waals surface area contributed by atoms with Crippen LogP contribution in [0.25, 0.3) is 0 Å². The summed E-state index contributed by atoms with van der Waals surface area (Å²) in [7, 11) is 0. The van der Waals surface area contributed by atoms with Crippen LogP contribution in [0.2, 0.25) is 0 Å². The van der Waals surface area contributed by atoms with Gasteiger partial charge in [0.1, 0.15) is 18.5 Å². The first-order chi connectivity index (χ1) is 16.0. The largest absolute Gasteiger partial charge is 0.491 e. The van der Waals surface area contributed by atoms with Crippen molar-refractivity contribution in [3.05, 3.63) is 65.7 Å². The van der Waals surface area contributed by atoms with Gasteiger partial charge in [0.15, 0.2) is 5.78 Å². The van der Waals surface area contributed by atoms with Gasteiger partial charge in [0.25, 0.3) is 0 Å². The molecule has 2 rings (SSSR count). The van der Waals surface area contributed by atoms with E-state index in [2.05, 4.69) is 18.7 Å². The van der Waals surface area contributed by atoms with Gasteiger partial charge in [-0.25, -0.2) is 0 Å². The first kappa shape index (κ1) is 27.0. The van der Waals surface area contributed by atoms with Crippen molar-refractivity contribution in [3.63, 3.8) is 0 Å². The number of nitrogens with zero attached hydrogens (tertiary/aromatic N) is 1. The molecule has 33 heavy (non-hydrogen) atoms. The normalized spacial score (nSPS) is 13.1. The molecule has 182 valence electrons. The number of carbonyl (C=O) groups is 1. The van der Waals surface area contributed by atoms with Crippen molar-refractivity contribution in [2.24, 2.45) is 0 Å². The number of hydrogen-bond acceptors (Lipinski definition) is 6. The van der Waals surface area contributed by atoms with E-state index in [1.165, 1.54) is 0 Å². The Kier molecular flexibility index (Phi) is 12.7. The minimum Gasteiger partial charge on any atom is -0.491 e. The number of unbranched alkanes of at least 4 members (excludes halogenated alkanes) is 2. The van der Waals surface area contributed by atoms with E-state index in [1.54, 1.807) is 36.4 Å². The average molecular weight is 458 g/mol. The van der Waals surface area contributed by atoms with Gasteiger partial charge in [0.05, 0.1) is 12.7 Å². The average Bonchev–Trinajstić information content (AvgIpc) is 2.84. The summed E-state index contributed by atoms with van der Waals surface area (Å²) in [5.41, 5.74) is 1.24. The monoisotopic (exact) mass is 457 g/mol. The molecule has 0 saturated carbocycles. The number of carbonyl (C=O) groups excluding carboxylic acids is 1. The van der Waals surface area contributed by atoms with E-state index < -0.39 is 12.2 Å². The number of ketones is 1. The van der Waals surface area contributed by atoms with Gasteiger partial charge in [0, 0.05) is 30.8 Å². The summed E-state index contributed by atoms with van der Waals surface area (Å²) in [6.45, 7) is 7.00. The van der Waals surface area contributed by atoms with Crippen LogP contribution in [0.3, 0.4) is 0 Å². The third-order valence-corrected chi connectivity index (χ3v) is 5.31. The number of hydrogen-bond donors (Lipinski definition) is 2. The zero-order chi connectivity index (χ0) is 23.9. The SMILES string of the molecule is CCCCOCC(O)CN(CCCC)CC(O)COc1ccc(C(=O)c2ccccc2)cc1. The van der Waals surface area contributed by atoms with E-state index >= 15 is 0 Å². The van der Waals surface area contributed by atoms with Crippen molar-refractivity contribution in [2.75, 3.05) is 39.5 Å². The standard InChI is InChI=1S/C27H39NO5/c1-3-5-16-28(18-24(29)20-32-17-6-4-2)19-25(30)21-33-26-14-12-23(13-15-26)27(31)22-10-8-7-9-11-22/h7-15,24-25,29-30H,3-6,16-21H2,1-2H3. The van der Waals surface area contributed by atoms with Gasteiger partial charge in [-0.15, -0.1) is 0 Å². The molecule has 0 spiro atoms. The van der Waals surface area contributed by atoms with Crippen LogP contribution in [-0.2, 0) is 4.74 Å². The number of aliphatic hydroxyl groups excluding tert-OH is 2. The summed E-state index contributed by atoms with van der Waals surface area (Å²) in [6.07, 6.45) is 2.82. The number of rotatable bonds is 17. The Hall–Kier alpha value is -2.25. The number of aliphatic hydroxyl groups is 2. The minimum absolute atomic E-state index is 0.0361. The molecule has 0 fully saturated rings. The molecule has 0 bridgehead atoms. The molecule has 2 N–H and O–H groups in total. The second kappa shape index (κ2) is 15.6. The van der Waals surface area contributed by atoms with Crippen molar-refractivity contribution in [3.8, 4) is 5.75 Å². The fraction of sp³-hybridized carbons (Fsp3) is 0.519. The Bertz CT molecular complexity index is 781. The number of benzene rings is 2. The van der Waals surface area contributed by atoms with E-state index in [-0.39, 0.29) is 12.4 Å². The summed E-state index contributed by atoms with van der Waals surface area (Å²) in [5, 5.41) is 20.8. The predicted molar refractivity (Wildman–Crippen MR) is 131 cm³/mol. The fourth-order valence-electron chi connectivity index (χ4n) is 3.46. The highest BCUT2D eigenvalue weighted by atomic mass is 16.5. The van der Waals surface area contributed by atoms with Crippen molar-refractivity contribution in [2.45, 2.75) is 51.7 Å². The first-order valence-corrected chi connectivity index (χ1v) is 12.0. The fourth-order valence-corrected chi connectivity index (χ4v) is 3.46. The summed E-state index contributed by atoms with van der Waals surface area (Å²) in [5.74, 6) is 0.564. The van der Waals surface area contributed by atoms with Crippen LogP contribution >= 0.6 is 0 Å². The Morgan fingerprint density at radius 1 is 0.848 bits per heavy atom. The molecule has 0 aliphatic rings. The molecule has 0 heterocycles. The van der Waals surface area contributed by atoms with Crippen LogP contribution in [0.1, 0.15) is 55.5 Å². The smallest absolute Gasteiger partial charge is 0.193 e. The third kappa shape index (κ3) is 10.5. The lowest BCUT2D eigenvalue weighted by Gasteiger charge is -2.27. The second-order valence-corrected chi connectivity index (χ2v) is 8.38. The molecule has 2 aromatic carbocycles. The molecule has 0 aliphatic heterocycles. The lowest BCUT2D eigenvalue weighted by molar-refractivity contribution is 0.00192. The molecule has 2 unspecified atom stereocenters. The highest BCUT2D eigenvalue weighted by Gasteiger charge is 2.16. The van der Waals surface area contributed by atoms with E-state index in [1.807, 2.05) is 18.2 Å². The van der Waals surface area contributed by atoms with Gasteiger partial charge in [0.2, 0.25) is 0 Å². The Morgan fingerprint density at radius 3 is 2.09 bits per heavy atom. The minimum atomic E-state index is -0.694. The molecule has 0 radical (unpaired) electrons.